The van der Waals surface area contributed by atoms with E-state index in [9.17, 15) is 4.39 Å². The summed E-state index contributed by atoms with van der Waals surface area (Å²) < 4.78 is 20.2. The van der Waals surface area contributed by atoms with Crippen molar-refractivity contribution in [3.05, 3.63) is 34.1 Å². The highest BCUT2D eigenvalue weighted by atomic mass is 79.9. The van der Waals surface area contributed by atoms with Crippen molar-refractivity contribution in [2.75, 3.05) is 6.61 Å². The molecule has 1 saturated heterocycles. The molecule has 0 amide bonds. The van der Waals surface area contributed by atoms with Gasteiger partial charge in [-0.2, -0.15) is 0 Å². The molecule has 0 bridgehead atoms. The standard InChI is InChI=1S/C14H20BrFN2O/c15-11-3-6-14(16)10(8-11)9-12(18-17)4-5-13-2-1-7-19-13/h3,6,8,12-13,18H,1-2,4-5,7,9,17H2. The first-order chi connectivity index (χ1) is 9.19. The summed E-state index contributed by atoms with van der Waals surface area (Å²) in [7, 11) is 0. The van der Waals surface area contributed by atoms with E-state index < -0.39 is 0 Å². The van der Waals surface area contributed by atoms with Gasteiger partial charge in [0.1, 0.15) is 5.82 Å². The van der Waals surface area contributed by atoms with Gasteiger partial charge < -0.3 is 4.74 Å². The molecule has 3 N–H and O–H groups in total. The largest absolute Gasteiger partial charge is 0.378 e. The molecule has 0 aliphatic carbocycles. The van der Waals surface area contributed by atoms with Gasteiger partial charge in [0.2, 0.25) is 0 Å². The van der Waals surface area contributed by atoms with Gasteiger partial charge in [0, 0.05) is 17.1 Å². The molecule has 2 rings (SSSR count). The lowest BCUT2D eigenvalue weighted by molar-refractivity contribution is 0.0995. The van der Waals surface area contributed by atoms with Crippen molar-refractivity contribution in [3.8, 4) is 0 Å². The number of rotatable bonds is 6. The maximum Gasteiger partial charge on any atom is 0.126 e. The first kappa shape index (κ1) is 14.9. The Balaban J connectivity index is 1.88. The van der Waals surface area contributed by atoms with Gasteiger partial charge >= 0.3 is 0 Å². The Bertz CT molecular complexity index is 410. The molecule has 1 aromatic rings. The van der Waals surface area contributed by atoms with Gasteiger partial charge in [0.05, 0.1) is 6.10 Å². The number of halogens is 2. The van der Waals surface area contributed by atoms with E-state index >= 15 is 0 Å². The normalized spacial score (nSPS) is 20.7. The second-order valence-corrected chi connectivity index (χ2v) is 5.93. The van der Waals surface area contributed by atoms with Crippen LogP contribution in [0.2, 0.25) is 0 Å². The predicted octanol–water partition coefficient (Wildman–Crippen LogP) is 2.92. The summed E-state index contributed by atoms with van der Waals surface area (Å²) in [5.41, 5.74) is 3.47. The van der Waals surface area contributed by atoms with Gasteiger partial charge in [-0.05, 0) is 55.9 Å². The first-order valence-corrected chi connectivity index (χ1v) is 7.50. The van der Waals surface area contributed by atoms with Crippen molar-refractivity contribution in [1.29, 1.82) is 0 Å². The van der Waals surface area contributed by atoms with E-state index in [1.165, 1.54) is 6.07 Å². The minimum absolute atomic E-state index is 0.0769. The van der Waals surface area contributed by atoms with Crippen LogP contribution in [0.15, 0.2) is 22.7 Å². The SMILES string of the molecule is NNC(CCC1CCCO1)Cc1cc(Br)ccc1F. The molecule has 0 radical (unpaired) electrons. The number of nitrogens with two attached hydrogens (primary N) is 1. The van der Waals surface area contributed by atoms with Crippen LogP contribution in [0.5, 0.6) is 0 Å². The minimum Gasteiger partial charge on any atom is -0.378 e. The lowest BCUT2D eigenvalue weighted by atomic mass is 9.99. The fraction of sp³-hybridized carbons (Fsp3) is 0.571. The van der Waals surface area contributed by atoms with E-state index in [-0.39, 0.29) is 11.9 Å². The minimum atomic E-state index is -0.180. The molecule has 0 aromatic heterocycles. The van der Waals surface area contributed by atoms with Gasteiger partial charge in [-0.15, -0.1) is 0 Å². The molecule has 5 heteroatoms. The van der Waals surface area contributed by atoms with E-state index in [4.69, 9.17) is 10.6 Å². The highest BCUT2D eigenvalue weighted by Gasteiger charge is 2.18. The van der Waals surface area contributed by atoms with Gasteiger partial charge in [-0.25, -0.2) is 4.39 Å². The quantitative estimate of drug-likeness (QED) is 0.622. The summed E-state index contributed by atoms with van der Waals surface area (Å²) in [5, 5.41) is 0. The van der Waals surface area contributed by atoms with Crippen LogP contribution in [-0.4, -0.2) is 18.8 Å². The van der Waals surface area contributed by atoms with Crippen LogP contribution in [0.4, 0.5) is 4.39 Å². The molecule has 106 valence electrons. The predicted molar refractivity (Wildman–Crippen MR) is 77.1 cm³/mol. The smallest absolute Gasteiger partial charge is 0.126 e. The van der Waals surface area contributed by atoms with Gasteiger partial charge in [-0.1, -0.05) is 15.9 Å². The summed E-state index contributed by atoms with van der Waals surface area (Å²) in [6, 6.07) is 5.07. The monoisotopic (exact) mass is 330 g/mol. The van der Waals surface area contributed by atoms with Crippen LogP contribution in [0.3, 0.4) is 0 Å². The number of nitrogens with one attached hydrogen (secondary N) is 1. The Kier molecular flexibility index (Phi) is 5.76. The molecule has 2 atom stereocenters. The Morgan fingerprint density at radius 1 is 1.53 bits per heavy atom. The molecule has 0 saturated carbocycles. The molecule has 1 aliphatic heterocycles. The van der Waals surface area contributed by atoms with Crippen LogP contribution in [0.25, 0.3) is 0 Å². The van der Waals surface area contributed by atoms with E-state index in [1.807, 2.05) is 6.07 Å². The molecule has 0 spiro atoms. The fourth-order valence-electron chi connectivity index (χ4n) is 2.47. The highest BCUT2D eigenvalue weighted by molar-refractivity contribution is 9.10. The molecule has 3 nitrogen and oxygen atoms in total. The van der Waals surface area contributed by atoms with Gasteiger partial charge in [0.25, 0.3) is 0 Å². The summed E-state index contributed by atoms with van der Waals surface area (Å²) in [6.07, 6.45) is 5.09. The van der Waals surface area contributed by atoms with Gasteiger partial charge in [0.15, 0.2) is 0 Å². The summed E-state index contributed by atoms with van der Waals surface area (Å²) in [5.74, 6) is 5.39. The Morgan fingerprint density at radius 2 is 2.37 bits per heavy atom. The number of benzene rings is 1. The average Bonchev–Trinajstić information content (AvgIpc) is 2.91. The highest BCUT2D eigenvalue weighted by Crippen LogP contribution is 2.21. The second-order valence-electron chi connectivity index (χ2n) is 5.02. The zero-order valence-electron chi connectivity index (χ0n) is 10.9. The Labute approximate surface area is 121 Å². The lowest BCUT2D eigenvalue weighted by Gasteiger charge is -2.18. The molecule has 1 aromatic carbocycles. The van der Waals surface area contributed by atoms with Crippen molar-refractivity contribution in [1.82, 2.24) is 5.43 Å². The number of ether oxygens (including phenoxy) is 1. The van der Waals surface area contributed by atoms with E-state index in [0.717, 1.165) is 36.8 Å². The van der Waals surface area contributed by atoms with E-state index in [2.05, 4.69) is 21.4 Å². The molecule has 19 heavy (non-hydrogen) atoms. The van der Waals surface area contributed by atoms with Crippen molar-refractivity contribution in [2.45, 2.75) is 44.2 Å². The number of hydrazine groups is 1. The van der Waals surface area contributed by atoms with Crippen LogP contribution in [-0.2, 0) is 11.2 Å². The third-order valence-corrected chi connectivity index (χ3v) is 4.06. The summed E-state index contributed by atoms with van der Waals surface area (Å²) >= 11 is 3.36. The molecule has 1 fully saturated rings. The van der Waals surface area contributed by atoms with Crippen molar-refractivity contribution in [3.63, 3.8) is 0 Å². The molecule has 1 heterocycles. The van der Waals surface area contributed by atoms with Crippen LogP contribution in [0, 0.1) is 5.82 Å². The third kappa shape index (κ3) is 4.53. The summed E-state index contributed by atoms with van der Waals surface area (Å²) in [4.78, 5) is 0. The summed E-state index contributed by atoms with van der Waals surface area (Å²) in [6.45, 7) is 0.867. The first-order valence-electron chi connectivity index (χ1n) is 6.70. The maximum absolute atomic E-state index is 13.7. The Hall–Kier alpha value is -0.490. The van der Waals surface area contributed by atoms with Crippen molar-refractivity contribution < 1.29 is 9.13 Å². The number of hydrogen-bond acceptors (Lipinski definition) is 3. The fourth-order valence-corrected chi connectivity index (χ4v) is 2.88. The third-order valence-electron chi connectivity index (χ3n) is 3.57. The van der Waals surface area contributed by atoms with E-state index in [0.29, 0.717) is 18.1 Å². The Morgan fingerprint density at radius 3 is 3.05 bits per heavy atom. The molecular formula is C14H20BrFN2O. The van der Waals surface area contributed by atoms with Crippen molar-refractivity contribution in [2.24, 2.45) is 5.84 Å². The lowest BCUT2D eigenvalue weighted by Crippen LogP contribution is -2.37. The number of hydrogen-bond donors (Lipinski definition) is 2. The topological polar surface area (TPSA) is 47.3 Å². The zero-order valence-corrected chi connectivity index (χ0v) is 12.5. The van der Waals surface area contributed by atoms with Crippen LogP contribution in [0.1, 0.15) is 31.2 Å². The average molecular weight is 331 g/mol. The van der Waals surface area contributed by atoms with Crippen molar-refractivity contribution >= 4 is 15.9 Å². The molecular weight excluding hydrogens is 311 g/mol. The molecule has 1 aliphatic rings. The van der Waals surface area contributed by atoms with E-state index in [1.54, 1.807) is 6.07 Å². The van der Waals surface area contributed by atoms with Crippen LogP contribution < -0.4 is 11.3 Å². The second kappa shape index (κ2) is 7.33. The van der Waals surface area contributed by atoms with Crippen LogP contribution >= 0.6 is 15.9 Å². The zero-order chi connectivity index (χ0) is 13.7. The molecule has 2 unspecified atom stereocenters. The van der Waals surface area contributed by atoms with Gasteiger partial charge in [-0.3, -0.25) is 11.3 Å². The maximum atomic E-state index is 13.7.